The van der Waals surface area contributed by atoms with Crippen LogP contribution in [-0.4, -0.2) is 47.3 Å². The van der Waals surface area contributed by atoms with Crippen LogP contribution in [0.25, 0.3) is 5.69 Å². The van der Waals surface area contributed by atoms with Crippen LogP contribution >= 0.6 is 24.0 Å². The molecule has 1 aliphatic rings. The predicted molar refractivity (Wildman–Crippen MR) is 103 cm³/mol. The number of hydrogen-bond acceptors (Lipinski definition) is 3. The van der Waals surface area contributed by atoms with Gasteiger partial charge in [-0.3, -0.25) is 4.79 Å². The molecule has 0 spiro atoms. The van der Waals surface area contributed by atoms with Gasteiger partial charge in [0.2, 0.25) is 0 Å². The quantitative estimate of drug-likeness (QED) is 0.881. The molecule has 1 saturated heterocycles. The third kappa shape index (κ3) is 4.17. The van der Waals surface area contributed by atoms with Crippen molar-refractivity contribution < 1.29 is 4.79 Å². The molecule has 0 bridgehead atoms. The lowest BCUT2D eigenvalue weighted by molar-refractivity contribution is 0.0673. The molecule has 1 fully saturated rings. The Morgan fingerprint density at radius 3 is 2.88 bits per heavy atom. The number of rotatable bonds is 4. The third-order valence-electron chi connectivity index (χ3n) is 4.62. The summed E-state index contributed by atoms with van der Waals surface area (Å²) in [5.74, 6) is 0.582. The van der Waals surface area contributed by atoms with Crippen molar-refractivity contribution >= 4 is 29.9 Å². The highest BCUT2D eigenvalue weighted by Crippen LogP contribution is 2.24. The fourth-order valence-electron chi connectivity index (χ4n) is 3.36. The van der Waals surface area contributed by atoms with Crippen molar-refractivity contribution in [3.8, 4) is 5.69 Å². The van der Waals surface area contributed by atoms with Crippen molar-refractivity contribution in [2.75, 3.05) is 26.7 Å². The molecular weight excluding hydrogens is 359 g/mol. The van der Waals surface area contributed by atoms with E-state index >= 15 is 0 Å². The van der Waals surface area contributed by atoms with Crippen molar-refractivity contribution in [3.63, 3.8) is 0 Å². The van der Waals surface area contributed by atoms with E-state index in [1.807, 2.05) is 43.1 Å². The van der Waals surface area contributed by atoms with Gasteiger partial charge in [-0.25, -0.2) is 4.68 Å². The number of benzene rings is 1. The standard InChI is InChI=1S/C18H23ClN4O.ClH/c1-13-15(11-21-23(13)17-8-4-3-7-16(17)19)18(24)22-9-5-6-14(12-22)10-20-2;/h3-4,7-8,11,14,20H,5-6,9-10,12H2,1-2H3;1H. The lowest BCUT2D eigenvalue weighted by Crippen LogP contribution is -2.42. The van der Waals surface area contributed by atoms with Crippen LogP contribution in [0.1, 0.15) is 28.9 Å². The molecule has 1 atom stereocenters. The third-order valence-corrected chi connectivity index (χ3v) is 4.94. The zero-order valence-electron chi connectivity index (χ0n) is 14.5. The molecule has 0 saturated carbocycles. The van der Waals surface area contributed by atoms with Crippen LogP contribution in [0.4, 0.5) is 0 Å². The monoisotopic (exact) mass is 382 g/mol. The Morgan fingerprint density at radius 1 is 1.40 bits per heavy atom. The number of aromatic nitrogens is 2. The Bertz CT molecular complexity index is 730. The molecular formula is C18H24Cl2N4O. The molecule has 2 heterocycles. The maximum Gasteiger partial charge on any atom is 0.257 e. The highest BCUT2D eigenvalue weighted by Gasteiger charge is 2.26. The van der Waals surface area contributed by atoms with Crippen LogP contribution < -0.4 is 5.32 Å². The molecule has 7 heteroatoms. The van der Waals surface area contributed by atoms with Crippen LogP contribution in [-0.2, 0) is 0 Å². The SMILES string of the molecule is CNCC1CCCN(C(=O)c2cnn(-c3ccccc3Cl)c2C)C1.Cl. The second-order valence-electron chi connectivity index (χ2n) is 6.32. The van der Waals surface area contributed by atoms with Crippen molar-refractivity contribution in [2.45, 2.75) is 19.8 Å². The number of piperidine rings is 1. The van der Waals surface area contributed by atoms with Crippen LogP contribution in [0.2, 0.25) is 5.02 Å². The molecule has 3 rings (SSSR count). The van der Waals surface area contributed by atoms with Crippen molar-refractivity contribution in [1.29, 1.82) is 0 Å². The molecule has 25 heavy (non-hydrogen) atoms. The molecule has 0 radical (unpaired) electrons. The summed E-state index contributed by atoms with van der Waals surface area (Å²) in [5, 5.41) is 8.22. The van der Waals surface area contributed by atoms with Gasteiger partial charge in [0.15, 0.2) is 0 Å². The molecule has 1 aromatic heterocycles. The zero-order valence-corrected chi connectivity index (χ0v) is 16.1. The summed E-state index contributed by atoms with van der Waals surface area (Å²) in [6.07, 6.45) is 3.88. The van der Waals surface area contributed by atoms with Crippen molar-refractivity contribution in [1.82, 2.24) is 20.0 Å². The Hall–Kier alpha value is -1.56. The van der Waals surface area contributed by atoms with Gasteiger partial charge < -0.3 is 10.2 Å². The van der Waals surface area contributed by atoms with Gasteiger partial charge in [-0.05, 0) is 51.4 Å². The summed E-state index contributed by atoms with van der Waals surface area (Å²) in [6.45, 7) is 4.48. The minimum atomic E-state index is 0. The normalized spacial score (nSPS) is 17.2. The Balaban J connectivity index is 0.00000225. The second kappa shape index (κ2) is 8.70. The molecule has 1 N–H and O–H groups in total. The number of halogens is 2. The fraction of sp³-hybridized carbons (Fsp3) is 0.444. The maximum atomic E-state index is 12.9. The Morgan fingerprint density at radius 2 is 2.16 bits per heavy atom. The molecule has 1 unspecified atom stereocenters. The van der Waals surface area contributed by atoms with Gasteiger partial charge in [0.05, 0.1) is 28.2 Å². The van der Waals surface area contributed by atoms with E-state index in [1.54, 1.807) is 10.9 Å². The maximum absolute atomic E-state index is 12.9. The summed E-state index contributed by atoms with van der Waals surface area (Å²) in [4.78, 5) is 14.9. The highest BCUT2D eigenvalue weighted by atomic mass is 35.5. The van der Waals surface area contributed by atoms with Gasteiger partial charge >= 0.3 is 0 Å². The largest absolute Gasteiger partial charge is 0.338 e. The van der Waals surface area contributed by atoms with E-state index in [0.29, 0.717) is 16.5 Å². The number of carbonyl (C=O) groups excluding carboxylic acids is 1. The summed E-state index contributed by atoms with van der Waals surface area (Å²) in [6, 6.07) is 7.52. The predicted octanol–water partition coefficient (Wildman–Crippen LogP) is 3.33. The van der Waals surface area contributed by atoms with E-state index < -0.39 is 0 Å². The van der Waals surface area contributed by atoms with Gasteiger partial charge in [-0.15, -0.1) is 12.4 Å². The number of nitrogens with zero attached hydrogens (tertiary/aromatic N) is 3. The Labute approximate surface area is 159 Å². The van der Waals surface area contributed by atoms with Crippen molar-refractivity contribution in [2.24, 2.45) is 5.92 Å². The van der Waals surface area contributed by atoms with Gasteiger partial charge in [0, 0.05) is 13.1 Å². The van der Waals surface area contributed by atoms with Crippen LogP contribution in [0.3, 0.4) is 0 Å². The molecule has 1 amide bonds. The van der Waals surface area contributed by atoms with E-state index in [-0.39, 0.29) is 18.3 Å². The van der Waals surface area contributed by atoms with Crippen LogP contribution in [0.15, 0.2) is 30.5 Å². The molecule has 136 valence electrons. The van der Waals surface area contributed by atoms with E-state index in [2.05, 4.69) is 10.4 Å². The van der Waals surface area contributed by atoms with Gasteiger partial charge in [-0.2, -0.15) is 5.10 Å². The van der Waals surface area contributed by atoms with E-state index in [9.17, 15) is 4.79 Å². The number of carbonyl (C=O) groups is 1. The second-order valence-corrected chi connectivity index (χ2v) is 6.73. The van der Waals surface area contributed by atoms with Gasteiger partial charge in [0.1, 0.15) is 0 Å². The number of para-hydroxylation sites is 1. The average molecular weight is 383 g/mol. The summed E-state index contributed by atoms with van der Waals surface area (Å²) in [7, 11) is 1.96. The number of nitrogens with one attached hydrogen (secondary N) is 1. The fourth-order valence-corrected chi connectivity index (χ4v) is 3.58. The summed E-state index contributed by atoms with van der Waals surface area (Å²) < 4.78 is 1.74. The Kier molecular flexibility index (Phi) is 6.87. The number of amides is 1. The summed E-state index contributed by atoms with van der Waals surface area (Å²) >= 11 is 6.26. The molecule has 5 nitrogen and oxygen atoms in total. The first-order valence-electron chi connectivity index (χ1n) is 8.35. The number of likely N-dealkylation sites (tertiary alicyclic amines) is 1. The van der Waals surface area contributed by atoms with E-state index in [0.717, 1.165) is 37.4 Å². The van der Waals surface area contributed by atoms with Gasteiger partial charge in [-0.1, -0.05) is 23.7 Å². The molecule has 1 aliphatic heterocycles. The van der Waals surface area contributed by atoms with E-state index in [4.69, 9.17) is 11.6 Å². The average Bonchev–Trinajstić information content (AvgIpc) is 2.97. The summed E-state index contributed by atoms with van der Waals surface area (Å²) in [5.41, 5.74) is 2.27. The minimum absolute atomic E-state index is 0. The zero-order chi connectivity index (χ0) is 17.1. The van der Waals surface area contributed by atoms with Gasteiger partial charge in [0.25, 0.3) is 5.91 Å². The smallest absolute Gasteiger partial charge is 0.257 e. The molecule has 2 aromatic rings. The lowest BCUT2D eigenvalue weighted by Gasteiger charge is -2.32. The minimum Gasteiger partial charge on any atom is -0.338 e. The first kappa shape index (κ1) is 19.8. The van der Waals surface area contributed by atoms with Crippen LogP contribution in [0.5, 0.6) is 0 Å². The highest BCUT2D eigenvalue weighted by molar-refractivity contribution is 6.32. The van der Waals surface area contributed by atoms with Crippen LogP contribution in [0, 0.1) is 12.8 Å². The topological polar surface area (TPSA) is 50.2 Å². The van der Waals surface area contributed by atoms with E-state index in [1.165, 1.54) is 6.42 Å². The number of hydrogen-bond donors (Lipinski definition) is 1. The lowest BCUT2D eigenvalue weighted by atomic mass is 9.97. The first-order chi connectivity index (χ1) is 11.6. The molecule has 1 aromatic carbocycles. The van der Waals surface area contributed by atoms with Crippen molar-refractivity contribution in [3.05, 3.63) is 46.7 Å². The molecule has 0 aliphatic carbocycles. The first-order valence-corrected chi connectivity index (χ1v) is 8.73.